The molecule has 2 aromatic rings. The fraction of sp³-hybridized carbons (Fsp3) is 0.182. The molecular weight excluding hydrogens is 202 g/mol. The van der Waals surface area contributed by atoms with Crippen LogP contribution in [0.4, 0.5) is 5.82 Å². The molecule has 2 aromatic heterocycles. The Hall–Kier alpha value is -2.35. The normalized spacial score (nSPS) is 10.0. The summed E-state index contributed by atoms with van der Waals surface area (Å²) >= 11 is 0. The summed E-state index contributed by atoms with van der Waals surface area (Å²) in [5.41, 5.74) is 7.69. The second-order valence-electron chi connectivity index (χ2n) is 3.49. The molecule has 2 N–H and O–H groups in total. The zero-order valence-corrected chi connectivity index (χ0v) is 8.88. The molecule has 0 unspecified atom stereocenters. The fourth-order valence-electron chi connectivity index (χ4n) is 1.43. The number of nitrogens with two attached hydrogens (primary N) is 1. The van der Waals surface area contributed by atoms with Gasteiger partial charge in [0.1, 0.15) is 5.82 Å². The van der Waals surface area contributed by atoms with E-state index in [9.17, 15) is 0 Å². The van der Waals surface area contributed by atoms with Crippen LogP contribution in [-0.4, -0.2) is 14.8 Å². The van der Waals surface area contributed by atoms with Gasteiger partial charge in [-0.05, 0) is 24.6 Å². The predicted molar refractivity (Wildman–Crippen MR) is 59.8 cm³/mol. The molecule has 0 saturated carbocycles. The van der Waals surface area contributed by atoms with Gasteiger partial charge in [-0.25, -0.2) is 4.98 Å². The third kappa shape index (κ3) is 1.73. The number of aromatic nitrogens is 3. The van der Waals surface area contributed by atoms with Crippen molar-refractivity contribution in [2.75, 3.05) is 5.73 Å². The van der Waals surface area contributed by atoms with Crippen LogP contribution in [-0.2, 0) is 6.42 Å². The second kappa shape index (κ2) is 4.03. The Morgan fingerprint density at radius 1 is 1.56 bits per heavy atom. The van der Waals surface area contributed by atoms with Crippen molar-refractivity contribution in [3.63, 3.8) is 0 Å². The maximum Gasteiger partial charge on any atom is 0.155 e. The molecule has 0 radical (unpaired) electrons. The number of pyridine rings is 1. The lowest BCUT2D eigenvalue weighted by Gasteiger charge is -2.03. The van der Waals surface area contributed by atoms with Crippen LogP contribution in [0, 0.1) is 18.3 Å². The maximum absolute atomic E-state index is 8.61. The van der Waals surface area contributed by atoms with Gasteiger partial charge < -0.3 is 5.73 Å². The summed E-state index contributed by atoms with van der Waals surface area (Å²) in [6, 6.07) is 5.84. The lowest BCUT2D eigenvalue weighted by atomic mass is 10.2. The highest BCUT2D eigenvalue weighted by Crippen LogP contribution is 2.16. The van der Waals surface area contributed by atoms with Crippen molar-refractivity contribution in [2.24, 2.45) is 0 Å². The van der Waals surface area contributed by atoms with Crippen molar-refractivity contribution in [1.29, 1.82) is 5.26 Å². The number of anilines is 1. The molecule has 0 bridgehead atoms. The van der Waals surface area contributed by atoms with Crippen LogP contribution in [0.25, 0.3) is 5.82 Å². The molecular formula is C11H11N5. The van der Waals surface area contributed by atoms with E-state index in [4.69, 9.17) is 11.0 Å². The highest BCUT2D eigenvalue weighted by molar-refractivity contribution is 5.46. The first-order chi connectivity index (χ1) is 7.72. The van der Waals surface area contributed by atoms with E-state index < -0.39 is 0 Å². The van der Waals surface area contributed by atoms with Crippen molar-refractivity contribution < 1.29 is 0 Å². The molecule has 2 rings (SSSR count). The van der Waals surface area contributed by atoms with E-state index in [-0.39, 0.29) is 6.42 Å². The largest absolute Gasteiger partial charge is 0.383 e. The topological polar surface area (TPSA) is 80.5 Å². The molecule has 0 aliphatic carbocycles. The molecule has 0 spiro atoms. The van der Waals surface area contributed by atoms with E-state index in [1.165, 1.54) is 0 Å². The molecule has 5 heteroatoms. The molecule has 2 heterocycles. The monoisotopic (exact) mass is 213 g/mol. The van der Waals surface area contributed by atoms with Crippen LogP contribution in [0.15, 0.2) is 24.5 Å². The highest BCUT2D eigenvalue weighted by atomic mass is 15.3. The van der Waals surface area contributed by atoms with Crippen molar-refractivity contribution in [3.8, 4) is 11.9 Å². The zero-order chi connectivity index (χ0) is 11.5. The van der Waals surface area contributed by atoms with E-state index in [1.54, 1.807) is 17.1 Å². The number of nitriles is 1. The number of nitrogens with zero attached hydrogens (tertiary/aromatic N) is 4. The van der Waals surface area contributed by atoms with Crippen molar-refractivity contribution in [1.82, 2.24) is 14.8 Å². The average molecular weight is 213 g/mol. The Morgan fingerprint density at radius 3 is 3.06 bits per heavy atom. The Balaban J connectivity index is 2.46. The third-order valence-corrected chi connectivity index (χ3v) is 2.27. The van der Waals surface area contributed by atoms with E-state index >= 15 is 0 Å². The van der Waals surface area contributed by atoms with E-state index in [2.05, 4.69) is 10.1 Å². The number of nitrogen functional groups attached to an aromatic ring is 1. The van der Waals surface area contributed by atoms with Crippen LogP contribution in [0.1, 0.15) is 11.1 Å². The summed E-state index contributed by atoms with van der Waals surface area (Å²) < 4.78 is 1.54. The molecule has 5 nitrogen and oxygen atoms in total. The number of hydrogen-bond donors (Lipinski definition) is 1. The Morgan fingerprint density at radius 2 is 2.38 bits per heavy atom. The van der Waals surface area contributed by atoms with Crippen LogP contribution < -0.4 is 5.73 Å². The first-order valence-corrected chi connectivity index (χ1v) is 4.84. The fourth-order valence-corrected chi connectivity index (χ4v) is 1.43. The summed E-state index contributed by atoms with van der Waals surface area (Å²) in [5, 5.41) is 12.7. The highest BCUT2D eigenvalue weighted by Gasteiger charge is 2.09. The average Bonchev–Trinajstić information content (AvgIpc) is 2.61. The van der Waals surface area contributed by atoms with Crippen molar-refractivity contribution in [3.05, 3.63) is 35.7 Å². The Kier molecular flexibility index (Phi) is 2.56. The van der Waals surface area contributed by atoms with Crippen molar-refractivity contribution >= 4 is 5.82 Å². The van der Waals surface area contributed by atoms with Gasteiger partial charge in [0.05, 0.1) is 18.7 Å². The van der Waals surface area contributed by atoms with Gasteiger partial charge in [-0.3, -0.25) is 0 Å². The Bertz CT molecular complexity index is 550. The lowest BCUT2D eigenvalue weighted by molar-refractivity contribution is 0.855. The maximum atomic E-state index is 8.61. The number of rotatable bonds is 2. The molecule has 80 valence electrons. The third-order valence-electron chi connectivity index (χ3n) is 2.27. The first-order valence-electron chi connectivity index (χ1n) is 4.84. The molecule has 0 fully saturated rings. The molecule has 0 aliphatic heterocycles. The lowest BCUT2D eigenvalue weighted by Crippen LogP contribution is -2.05. The Labute approximate surface area is 93.1 Å². The van der Waals surface area contributed by atoms with Gasteiger partial charge >= 0.3 is 0 Å². The molecule has 0 amide bonds. The van der Waals surface area contributed by atoms with Gasteiger partial charge in [-0.1, -0.05) is 0 Å². The smallest absolute Gasteiger partial charge is 0.155 e. The molecule has 16 heavy (non-hydrogen) atoms. The molecule has 0 atom stereocenters. The number of aryl methyl sites for hydroxylation is 1. The van der Waals surface area contributed by atoms with E-state index in [0.717, 1.165) is 11.1 Å². The second-order valence-corrected chi connectivity index (χ2v) is 3.49. The molecule has 0 saturated heterocycles. The standard InChI is InChI=1S/C11H11N5/c1-8-3-5-14-10(6-8)16-11(13)9(2-4-12)7-15-16/h3,5-7H,2,13H2,1H3. The van der Waals surface area contributed by atoms with Crippen LogP contribution in [0.3, 0.4) is 0 Å². The SMILES string of the molecule is Cc1ccnc(-n2ncc(CC#N)c2N)c1. The first kappa shape index (κ1) is 10.2. The van der Waals surface area contributed by atoms with Gasteiger partial charge in [-0.2, -0.15) is 15.0 Å². The molecule has 0 aromatic carbocycles. The summed E-state index contributed by atoms with van der Waals surface area (Å²) in [4.78, 5) is 4.18. The quantitative estimate of drug-likeness (QED) is 0.813. The summed E-state index contributed by atoms with van der Waals surface area (Å²) in [7, 11) is 0. The van der Waals surface area contributed by atoms with Gasteiger partial charge in [0.25, 0.3) is 0 Å². The minimum Gasteiger partial charge on any atom is -0.383 e. The summed E-state index contributed by atoms with van der Waals surface area (Å²) in [6.45, 7) is 1.97. The van der Waals surface area contributed by atoms with Gasteiger partial charge in [0, 0.05) is 11.8 Å². The van der Waals surface area contributed by atoms with Gasteiger partial charge in [0.15, 0.2) is 5.82 Å². The van der Waals surface area contributed by atoms with Crippen molar-refractivity contribution in [2.45, 2.75) is 13.3 Å². The minimum atomic E-state index is 0.262. The van der Waals surface area contributed by atoms with Crippen LogP contribution in [0.5, 0.6) is 0 Å². The zero-order valence-electron chi connectivity index (χ0n) is 8.88. The summed E-state index contributed by atoms with van der Waals surface area (Å²) in [6.07, 6.45) is 3.57. The van der Waals surface area contributed by atoms with Gasteiger partial charge in [0.2, 0.25) is 0 Å². The van der Waals surface area contributed by atoms with Crippen LogP contribution >= 0.6 is 0 Å². The van der Waals surface area contributed by atoms with E-state index in [1.807, 2.05) is 25.1 Å². The summed E-state index contributed by atoms with van der Waals surface area (Å²) in [5.74, 6) is 1.14. The van der Waals surface area contributed by atoms with E-state index in [0.29, 0.717) is 11.6 Å². The number of hydrogen-bond acceptors (Lipinski definition) is 4. The molecule has 0 aliphatic rings. The van der Waals surface area contributed by atoms with Crippen LogP contribution in [0.2, 0.25) is 0 Å². The predicted octanol–water partition coefficient (Wildman–Crippen LogP) is 1.22. The minimum absolute atomic E-state index is 0.262. The van der Waals surface area contributed by atoms with Gasteiger partial charge in [-0.15, -0.1) is 0 Å².